The molecule has 2 N–H and O–H groups in total. The van der Waals surface area contributed by atoms with E-state index in [-0.39, 0.29) is 22.6 Å². The zero-order chi connectivity index (χ0) is 23.4. The number of ether oxygens (including phenoxy) is 2. The Bertz CT molecular complexity index is 1340. The number of fused-ring (bicyclic) bond motifs is 1. The molecule has 0 fully saturated rings. The SMILES string of the molecule is Cc1cc(NC(=O)c2cccc(NS(=O)(=O)c3ccc4c(c3)OCCO4)c2)n(CCC#N)n1. The molecule has 1 amide bonds. The van der Waals surface area contributed by atoms with Crippen LogP contribution in [0.4, 0.5) is 11.5 Å². The Hall–Kier alpha value is -4.04. The van der Waals surface area contributed by atoms with Gasteiger partial charge in [0.1, 0.15) is 19.0 Å². The van der Waals surface area contributed by atoms with E-state index in [2.05, 4.69) is 15.1 Å². The van der Waals surface area contributed by atoms with E-state index in [0.717, 1.165) is 0 Å². The first-order valence-corrected chi connectivity index (χ1v) is 11.6. The number of benzene rings is 2. The number of rotatable bonds is 7. The van der Waals surface area contributed by atoms with E-state index in [9.17, 15) is 13.2 Å². The van der Waals surface area contributed by atoms with E-state index in [4.69, 9.17) is 14.7 Å². The van der Waals surface area contributed by atoms with Gasteiger partial charge in [0.25, 0.3) is 15.9 Å². The number of aryl methyl sites for hydroxylation is 2. The maximum absolute atomic E-state index is 12.9. The Morgan fingerprint density at radius 1 is 1.15 bits per heavy atom. The van der Waals surface area contributed by atoms with Gasteiger partial charge in [0.2, 0.25) is 0 Å². The van der Waals surface area contributed by atoms with Crippen LogP contribution in [0.25, 0.3) is 0 Å². The fourth-order valence-corrected chi connectivity index (χ4v) is 4.35. The third kappa shape index (κ3) is 5.07. The van der Waals surface area contributed by atoms with E-state index in [1.54, 1.807) is 41.9 Å². The normalized spacial score (nSPS) is 12.6. The maximum atomic E-state index is 12.9. The van der Waals surface area contributed by atoms with Crippen molar-refractivity contribution in [1.82, 2.24) is 9.78 Å². The summed E-state index contributed by atoms with van der Waals surface area (Å²) in [4.78, 5) is 12.8. The Balaban J connectivity index is 1.51. The van der Waals surface area contributed by atoms with Gasteiger partial charge in [0, 0.05) is 23.4 Å². The highest BCUT2D eigenvalue weighted by atomic mass is 32.2. The first kappa shape index (κ1) is 22.2. The van der Waals surface area contributed by atoms with Crippen molar-refractivity contribution < 1.29 is 22.7 Å². The van der Waals surface area contributed by atoms with E-state index >= 15 is 0 Å². The van der Waals surface area contributed by atoms with Crippen LogP contribution in [0.15, 0.2) is 53.4 Å². The van der Waals surface area contributed by atoms with Crippen LogP contribution < -0.4 is 19.5 Å². The molecule has 0 unspecified atom stereocenters. The lowest BCUT2D eigenvalue weighted by Gasteiger charge is -2.19. The minimum absolute atomic E-state index is 0.0125. The van der Waals surface area contributed by atoms with Gasteiger partial charge in [0.15, 0.2) is 11.5 Å². The molecule has 0 bridgehead atoms. The smallest absolute Gasteiger partial charge is 0.262 e. The van der Waals surface area contributed by atoms with Crippen LogP contribution >= 0.6 is 0 Å². The molecule has 0 spiro atoms. The molecular formula is C22H21N5O5S. The number of nitriles is 1. The van der Waals surface area contributed by atoms with Crippen LogP contribution in [0.1, 0.15) is 22.5 Å². The number of carbonyl (C=O) groups excluding carboxylic acids is 1. The predicted molar refractivity (Wildman–Crippen MR) is 120 cm³/mol. The summed E-state index contributed by atoms with van der Waals surface area (Å²) in [5.74, 6) is 0.868. The molecule has 0 saturated heterocycles. The molecule has 10 nitrogen and oxygen atoms in total. The minimum atomic E-state index is -3.92. The maximum Gasteiger partial charge on any atom is 0.262 e. The molecule has 2 aromatic carbocycles. The lowest BCUT2D eigenvalue weighted by molar-refractivity contribution is 0.102. The molecule has 1 aliphatic heterocycles. The van der Waals surface area contributed by atoms with Gasteiger partial charge in [-0.25, -0.2) is 13.1 Å². The fourth-order valence-electron chi connectivity index (χ4n) is 3.29. The third-order valence-electron chi connectivity index (χ3n) is 4.78. The Morgan fingerprint density at radius 3 is 2.73 bits per heavy atom. The molecule has 170 valence electrons. The lowest BCUT2D eigenvalue weighted by atomic mass is 10.2. The van der Waals surface area contributed by atoms with Crippen LogP contribution in [0.2, 0.25) is 0 Å². The molecule has 0 radical (unpaired) electrons. The molecule has 2 heterocycles. The summed E-state index contributed by atoms with van der Waals surface area (Å²) in [6.07, 6.45) is 0.251. The topological polar surface area (TPSA) is 135 Å². The van der Waals surface area contributed by atoms with Crippen molar-refractivity contribution >= 4 is 27.4 Å². The van der Waals surface area contributed by atoms with E-state index < -0.39 is 15.9 Å². The Kier molecular flexibility index (Phi) is 6.19. The summed E-state index contributed by atoms with van der Waals surface area (Å²) < 4.78 is 40.6. The standard InChI is InChI=1S/C22H21N5O5S/c1-15-12-21(27(25-15)9-3-8-23)24-22(28)16-4-2-5-17(13-16)26-33(29,30)18-6-7-19-20(14-18)32-11-10-31-19/h2,4-7,12-14,26H,3,9-11H2,1H3,(H,24,28). The van der Waals surface area contributed by atoms with Gasteiger partial charge in [0.05, 0.1) is 29.6 Å². The van der Waals surface area contributed by atoms with E-state index in [1.807, 2.05) is 6.07 Å². The number of nitrogens with zero attached hydrogens (tertiary/aromatic N) is 3. The molecule has 33 heavy (non-hydrogen) atoms. The number of carbonyl (C=O) groups is 1. The number of anilines is 2. The Labute approximate surface area is 190 Å². The van der Waals surface area contributed by atoms with Crippen molar-refractivity contribution in [3.8, 4) is 17.6 Å². The summed E-state index contributed by atoms with van der Waals surface area (Å²) in [5, 5.41) is 15.8. The highest BCUT2D eigenvalue weighted by Gasteiger charge is 2.20. The van der Waals surface area contributed by atoms with Crippen molar-refractivity contribution in [2.45, 2.75) is 24.8 Å². The number of hydrogen-bond donors (Lipinski definition) is 2. The number of sulfonamides is 1. The first-order valence-electron chi connectivity index (χ1n) is 10.1. The van der Waals surface area contributed by atoms with Crippen LogP contribution in [0.5, 0.6) is 11.5 Å². The lowest BCUT2D eigenvalue weighted by Crippen LogP contribution is -2.18. The van der Waals surface area contributed by atoms with E-state index in [0.29, 0.717) is 42.8 Å². The van der Waals surface area contributed by atoms with Crippen LogP contribution in [-0.4, -0.2) is 37.3 Å². The molecule has 4 rings (SSSR count). The van der Waals surface area contributed by atoms with Gasteiger partial charge < -0.3 is 14.8 Å². The average molecular weight is 468 g/mol. The average Bonchev–Trinajstić information content (AvgIpc) is 3.15. The second-order valence-corrected chi connectivity index (χ2v) is 8.93. The molecule has 3 aromatic rings. The summed E-state index contributed by atoms with van der Waals surface area (Å²) in [7, 11) is -3.92. The summed E-state index contributed by atoms with van der Waals surface area (Å²) in [5.41, 5.74) is 1.18. The largest absolute Gasteiger partial charge is 0.486 e. The minimum Gasteiger partial charge on any atom is -0.486 e. The molecule has 0 atom stereocenters. The Morgan fingerprint density at radius 2 is 1.94 bits per heavy atom. The van der Waals surface area contributed by atoms with Gasteiger partial charge in [-0.15, -0.1) is 0 Å². The van der Waals surface area contributed by atoms with Crippen LogP contribution in [0, 0.1) is 18.3 Å². The molecule has 0 aliphatic carbocycles. The number of aromatic nitrogens is 2. The van der Waals surface area contributed by atoms with Crippen LogP contribution in [0.3, 0.4) is 0 Å². The number of nitrogens with one attached hydrogen (secondary N) is 2. The monoisotopic (exact) mass is 467 g/mol. The van der Waals surface area contributed by atoms with Gasteiger partial charge in [-0.2, -0.15) is 10.4 Å². The zero-order valence-corrected chi connectivity index (χ0v) is 18.6. The predicted octanol–water partition coefficient (Wildman–Crippen LogP) is 2.93. The first-order chi connectivity index (χ1) is 15.9. The van der Waals surface area contributed by atoms with Gasteiger partial charge in [-0.05, 0) is 37.3 Å². The van der Waals surface area contributed by atoms with Crippen molar-refractivity contribution in [2.24, 2.45) is 0 Å². The van der Waals surface area contributed by atoms with Crippen molar-refractivity contribution in [3.05, 3.63) is 59.8 Å². The van der Waals surface area contributed by atoms with Crippen LogP contribution in [-0.2, 0) is 16.6 Å². The molecule has 1 aromatic heterocycles. The quantitative estimate of drug-likeness (QED) is 0.545. The second kappa shape index (κ2) is 9.22. The molecular weight excluding hydrogens is 446 g/mol. The zero-order valence-electron chi connectivity index (χ0n) is 17.7. The summed E-state index contributed by atoms with van der Waals surface area (Å²) in [6, 6.07) is 14.3. The molecule has 0 saturated carbocycles. The van der Waals surface area contributed by atoms with Gasteiger partial charge >= 0.3 is 0 Å². The van der Waals surface area contributed by atoms with E-state index in [1.165, 1.54) is 18.2 Å². The van der Waals surface area contributed by atoms with Crippen molar-refractivity contribution in [3.63, 3.8) is 0 Å². The molecule has 1 aliphatic rings. The second-order valence-electron chi connectivity index (χ2n) is 7.25. The van der Waals surface area contributed by atoms with Gasteiger partial charge in [-0.3, -0.25) is 9.52 Å². The van der Waals surface area contributed by atoms with Crippen molar-refractivity contribution in [1.29, 1.82) is 5.26 Å². The fraction of sp³-hybridized carbons (Fsp3) is 0.227. The van der Waals surface area contributed by atoms with Crippen molar-refractivity contribution in [2.75, 3.05) is 23.3 Å². The highest BCUT2D eigenvalue weighted by Crippen LogP contribution is 2.32. The third-order valence-corrected chi connectivity index (χ3v) is 6.16. The highest BCUT2D eigenvalue weighted by molar-refractivity contribution is 7.92. The summed E-state index contributed by atoms with van der Waals surface area (Å²) >= 11 is 0. The summed E-state index contributed by atoms with van der Waals surface area (Å²) in [6.45, 7) is 2.88. The molecule has 11 heteroatoms. The number of amides is 1. The van der Waals surface area contributed by atoms with Gasteiger partial charge in [-0.1, -0.05) is 6.07 Å². The number of hydrogen-bond acceptors (Lipinski definition) is 7.